The fourth-order valence-electron chi connectivity index (χ4n) is 3.43. The molecule has 10 nitrogen and oxygen atoms in total. The lowest BCUT2D eigenvalue weighted by molar-refractivity contribution is -0.123. The molecule has 1 fully saturated rings. The lowest BCUT2D eigenvalue weighted by Crippen LogP contribution is -2.40. The van der Waals surface area contributed by atoms with Crippen LogP contribution in [0.15, 0.2) is 57.5 Å². The Balaban J connectivity index is 1.52. The minimum Gasteiger partial charge on any atom is -0.421 e. The van der Waals surface area contributed by atoms with Crippen molar-refractivity contribution in [1.29, 1.82) is 0 Å². The summed E-state index contributed by atoms with van der Waals surface area (Å²) in [6, 6.07) is 13.9. The van der Waals surface area contributed by atoms with E-state index in [1.165, 1.54) is 0 Å². The molecule has 0 spiro atoms. The summed E-state index contributed by atoms with van der Waals surface area (Å²) >= 11 is 0. The maximum absolute atomic E-state index is 12.3. The second-order valence-electron chi connectivity index (χ2n) is 7.21. The fraction of sp³-hybridized carbons (Fsp3) is 0.143. The molecule has 2 N–H and O–H groups in total. The summed E-state index contributed by atoms with van der Waals surface area (Å²) < 4.78 is 11.0. The Kier molecular flexibility index (Phi) is 4.14. The number of hydrogen-bond donors (Lipinski definition) is 2. The van der Waals surface area contributed by atoms with Crippen LogP contribution >= 0.6 is 0 Å². The lowest BCUT2D eigenvalue weighted by Gasteiger charge is -2.21. The molecule has 3 heterocycles. The van der Waals surface area contributed by atoms with Crippen LogP contribution in [0.5, 0.6) is 0 Å². The van der Waals surface area contributed by atoms with Gasteiger partial charge in [0.15, 0.2) is 0 Å². The fourth-order valence-corrected chi connectivity index (χ4v) is 3.43. The number of aromatic nitrogens is 4. The van der Waals surface area contributed by atoms with Crippen LogP contribution in [0.2, 0.25) is 0 Å². The van der Waals surface area contributed by atoms with Gasteiger partial charge < -0.3 is 14.3 Å². The Morgan fingerprint density at radius 2 is 1.74 bits per heavy atom. The zero-order valence-electron chi connectivity index (χ0n) is 16.5. The summed E-state index contributed by atoms with van der Waals surface area (Å²) in [7, 11) is 0. The van der Waals surface area contributed by atoms with Crippen molar-refractivity contribution in [2.75, 3.05) is 0 Å². The van der Waals surface area contributed by atoms with Crippen molar-refractivity contribution < 1.29 is 18.5 Å². The van der Waals surface area contributed by atoms with Crippen molar-refractivity contribution in [3.05, 3.63) is 60.0 Å². The smallest absolute Gasteiger partial charge is 0.322 e. The monoisotopic (exact) mass is 416 g/mol. The van der Waals surface area contributed by atoms with E-state index in [1.807, 2.05) is 24.3 Å². The Morgan fingerprint density at radius 3 is 2.42 bits per heavy atom. The standard InChI is InChI=1S/C21H16N6O4/c1-11-25-26-18(30-11)15-9-4-3-8-14(15)17-22-16(27-31-17)12-6-5-7-13(10-12)21(2)19(28)23-20(29)24-21/h3-10H,1-2H3,(H2,23,24,28,29). The van der Waals surface area contributed by atoms with E-state index in [1.54, 1.807) is 38.1 Å². The van der Waals surface area contributed by atoms with E-state index in [2.05, 4.69) is 31.0 Å². The van der Waals surface area contributed by atoms with Gasteiger partial charge in [0.1, 0.15) is 5.54 Å². The average Bonchev–Trinajstić information content (AvgIpc) is 3.48. The van der Waals surface area contributed by atoms with Crippen LogP contribution in [0.3, 0.4) is 0 Å². The van der Waals surface area contributed by atoms with Crippen LogP contribution in [0.4, 0.5) is 4.79 Å². The van der Waals surface area contributed by atoms with E-state index in [-0.39, 0.29) is 5.89 Å². The number of rotatable bonds is 4. The Morgan fingerprint density at radius 1 is 0.968 bits per heavy atom. The van der Waals surface area contributed by atoms with Gasteiger partial charge in [0.2, 0.25) is 17.6 Å². The zero-order valence-corrected chi connectivity index (χ0v) is 16.5. The Labute approximate surface area is 175 Å². The van der Waals surface area contributed by atoms with Crippen molar-refractivity contribution in [2.24, 2.45) is 0 Å². The summed E-state index contributed by atoms with van der Waals surface area (Å²) in [5, 5.41) is 16.9. The highest BCUT2D eigenvalue weighted by atomic mass is 16.5. The third kappa shape index (κ3) is 3.14. The summed E-state index contributed by atoms with van der Waals surface area (Å²) in [5.41, 5.74) is 1.37. The zero-order chi connectivity index (χ0) is 21.6. The Bertz CT molecular complexity index is 1330. The third-order valence-corrected chi connectivity index (χ3v) is 5.08. The summed E-state index contributed by atoms with van der Waals surface area (Å²) in [4.78, 5) is 28.4. The van der Waals surface area contributed by atoms with Crippen molar-refractivity contribution >= 4 is 11.9 Å². The van der Waals surface area contributed by atoms with Crippen molar-refractivity contribution in [1.82, 2.24) is 31.0 Å². The van der Waals surface area contributed by atoms with Gasteiger partial charge in [-0.05, 0) is 30.7 Å². The van der Waals surface area contributed by atoms with E-state index in [0.717, 1.165) is 0 Å². The highest BCUT2D eigenvalue weighted by Crippen LogP contribution is 2.32. The summed E-state index contributed by atoms with van der Waals surface area (Å²) in [6.45, 7) is 3.35. The van der Waals surface area contributed by atoms with Gasteiger partial charge in [-0.2, -0.15) is 4.98 Å². The van der Waals surface area contributed by atoms with Crippen LogP contribution in [-0.2, 0) is 10.3 Å². The van der Waals surface area contributed by atoms with Gasteiger partial charge in [-0.25, -0.2) is 4.79 Å². The van der Waals surface area contributed by atoms with E-state index in [0.29, 0.717) is 39.9 Å². The minimum absolute atomic E-state index is 0.282. The molecule has 0 radical (unpaired) electrons. The normalized spacial score (nSPS) is 18.1. The third-order valence-electron chi connectivity index (χ3n) is 5.08. The number of amides is 3. The molecule has 4 aromatic rings. The van der Waals surface area contributed by atoms with Crippen LogP contribution in [0, 0.1) is 6.92 Å². The first-order chi connectivity index (χ1) is 14.9. The number of hydrogen-bond acceptors (Lipinski definition) is 8. The van der Waals surface area contributed by atoms with Crippen LogP contribution in [0.25, 0.3) is 34.3 Å². The highest BCUT2D eigenvalue weighted by Gasteiger charge is 2.43. The molecule has 0 saturated carbocycles. The van der Waals surface area contributed by atoms with Gasteiger partial charge in [0.25, 0.3) is 11.8 Å². The molecule has 0 bridgehead atoms. The highest BCUT2D eigenvalue weighted by molar-refractivity contribution is 6.07. The first kappa shape index (κ1) is 18.7. The number of nitrogens with one attached hydrogen (secondary N) is 2. The maximum Gasteiger partial charge on any atom is 0.322 e. The van der Waals surface area contributed by atoms with Crippen LogP contribution in [0.1, 0.15) is 18.4 Å². The predicted octanol–water partition coefficient (Wildman–Crippen LogP) is 2.82. The average molecular weight is 416 g/mol. The van der Waals surface area contributed by atoms with Crippen molar-refractivity contribution in [3.63, 3.8) is 0 Å². The van der Waals surface area contributed by atoms with Gasteiger partial charge in [0, 0.05) is 12.5 Å². The molecule has 2 aromatic heterocycles. The van der Waals surface area contributed by atoms with Crippen LogP contribution in [-0.4, -0.2) is 32.3 Å². The Hall–Kier alpha value is -4.34. The number of imide groups is 1. The van der Waals surface area contributed by atoms with Gasteiger partial charge >= 0.3 is 6.03 Å². The molecule has 10 heteroatoms. The molecule has 1 unspecified atom stereocenters. The molecule has 3 amide bonds. The molecular weight excluding hydrogens is 400 g/mol. The molecule has 1 aliphatic heterocycles. The molecule has 5 rings (SSSR count). The number of benzene rings is 2. The van der Waals surface area contributed by atoms with E-state index < -0.39 is 17.5 Å². The summed E-state index contributed by atoms with van der Waals surface area (Å²) in [6.07, 6.45) is 0. The molecule has 1 atom stereocenters. The topological polar surface area (TPSA) is 136 Å². The largest absolute Gasteiger partial charge is 0.421 e. The molecule has 31 heavy (non-hydrogen) atoms. The molecular formula is C21H16N6O4. The molecule has 2 aromatic carbocycles. The molecule has 1 aliphatic rings. The van der Waals surface area contributed by atoms with E-state index >= 15 is 0 Å². The predicted molar refractivity (Wildman–Crippen MR) is 107 cm³/mol. The van der Waals surface area contributed by atoms with Gasteiger partial charge in [-0.3, -0.25) is 10.1 Å². The lowest BCUT2D eigenvalue weighted by atomic mass is 9.91. The second-order valence-corrected chi connectivity index (χ2v) is 7.21. The summed E-state index contributed by atoms with van der Waals surface area (Å²) in [5.74, 6) is 0.994. The molecule has 154 valence electrons. The number of carbonyl (C=O) groups excluding carboxylic acids is 2. The maximum atomic E-state index is 12.3. The quantitative estimate of drug-likeness (QED) is 0.485. The van der Waals surface area contributed by atoms with Gasteiger partial charge in [-0.1, -0.05) is 35.5 Å². The van der Waals surface area contributed by atoms with Crippen LogP contribution < -0.4 is 10.6 Å². The molecule has 0 aliphatic carbocycles. The van der Waals surface area contributed by atoms with E-state index in [9.17, 15) is 9.59 Å². The number of carbonyl (C=O) groups is 2. The van der Waals surface area contributed by atoms with Crippen molar-refractivity contribution in [3.8, 4) is 34.3 Å². The second kappa shape index (κ2) is 6.87. The van der Waals surface area contributed by atoms with E-state index in [4.69, 9.17) is 8.94 Å². The first-order valence-corrected chi connectivity index (χ1v) is 9.42. The van der Waals surface area contributed by atoms with Crippen molar-refractivity contribution in [2.45, 2.75) is 19.4 Å². The number of nitrogens with zero attached hydrogens (tertiary/aromatic N) is 4. The number of aryl methyl sites for hydroxylation is 1. The van der Waals surface area contributed by atoms with Gasteiger partial charge in [0.05, 0.1) is 11.1 Å². The van der Waals surface area contributed by atoms with Gasteiger partial charge in [-0.15, -0.1) is 10.2 Å². The minimum atomic E-state index is -1.18. The number of urea groups is 1. The SMILES string of the molecule is Cc1nnc(-c2ccccc2-c2nc(-c3cccc(C4(C)NC(=O)NC4=O)c3)no2)o1. The first-order valence-electron chi connectivity index (χ1n) is 9.42. The molecule has 1 saturated heterocycles.